The smallest absolute Gasteiger partial charge is 0.244 e. The molecule has 0 spiro atoms. The van der Waals surface area contributed by atoms with Gasteiger partial charge in [-0.1, -0.05) is 54.8 Å². The van der Waals surface area contributed by atoms with Crippen molar-refractivity contribution in [1.29, 1.82) is 0 Å². The molecule has 1 N–H and O–H groups in total. The standard InChI is InChI=1S/C24H29ClFN3O4S/c1-17(24(31)27-19-10-4-5-11-19)28(15-18-9-3-6-12-20(18)25)23(30)16-29(34(2,32)33)22-14-8-7-13-21(22)26/h3,6-9,12-14,17,19H,4-5,10-11,15-16H2,1-2H3,(H,27,31)/t17-/m1/s1. The van der Waals surface area contributed by atoms with Gasteiger partial charge in [-0.3, -0.25) is 13.9 Å². The Bertz CT molecular complexity index is 1140. The van der Waals surface area contributed by atoms with E-state index in [0.717, 1.165) is 38.0 Å². The van der Waals surface area contributed by atoms with E-state index in [9.17, 15) is 22.4 Å². The van der Waals surface area contributed by atoms with Crippen molar-refractivity contribution in [2.45, 2.75) is 51.2 Å². The number of hydrogen-bond acceptors (Lipinski definition) is 4. The van der Waals surface area contributed by atoms with Crippen LogP contribution in [0.1, 0.15) is 38.2 Å². The van der Waals surface area contributed by atoms with Crippen molar-refractivity contribution in [3.8, 4) is 0 Å². The maximum absolute atomic E-state index is 14.4. The monoisotopic (exact) mass is 509 g/mol. The molecule has 184 valence electrons. The van der Waals surface area contributed by atoms with Gasteiger partial charge in [-0.15, -0.1) is 0 Å². The molecule has 0 unspecified atom stereocenters. The van der Waals surface area contributed by atoms with Crippen molar-refractivity contribution in [1.82, 2.24) is 10.2 Å². The predicted molar refractivity (Wildman–Crippen MR) is 130 cm³/mol. The van der Waals surface area contributed by atoms with Gasteiger partial charge in [-0.25, -0.2) is 12.8 Å². The molecule has 1 aliphatic carbocycles. The molecule has 1 aliphatic rings. The minimum absolute atomic E-state index is 0.00731. The first-order valence-electron chi connectivity index (χ1n) is 11.1. The van der Waals surface area contributed by atoms with Crippen LogP contribution in [0.25, 0.3) is 0 Å². The number of halogens is 2. The zero-order valence-electron chi connectivity index (χ0n) is 19.2. The zero-order valence-corrected chi connectivity index (χ0v) is 20.8. The van der Waals surface area contributed by atoms with E-state index >= 15 is 0 Å². The molecule has 2 aromatic carbocycles. The van der Waals surface area contributed by atoms with Gasteiger partial charge in [0.2, 0.25) is 21.8 Å². The van der Waals surface area contributed by atoms with Crippen LogP contribution in [0, 0.1) is 5.82 Å². The van der Waals surface area contributed by atoms with Gasteiger partial charge in [-0.2, -0.15) is 0 Å². The summed E-state index contributed by atoms with van der Waals surface area (Å²) in [4.78, 5) is 27.7. The Morgan fingerprint density at radius 2 is 1.74 bits per heavy atom. The second kappa shape index (κ2) is 11.2. The Morgan fingerprint density at radius 1 is 1.12 bits per heavy atom. The van der Waals surface area contributed by atoms with Gasteiger partial charge in [0.1, 0.15) is 18.4 Å². The molecule has 10 heteroatoms. The van der Waals surface area contributed by atoms with Gasteiger partial charge in [0.05, 0.1) is 11.9 Å². The van der Waals surface area contributed by atoms with Crippen LogP contribution in [-0.4, -0.2) is 50.0 Å². The summed E-state index contributed by atoms with van der Waals surface area (Å²) in [6, 6.07) is 11.4. The lowest BCUT2D eigenvalue weighted by Crippen LogP contribution is -2.52. The maximum Gasteiger partial charge on any atom is 0.244 e. The Balaban J connectivity index is 1.90. The number of amides is 2. The molecule has 0 aliphatic heterocycles. The van der Waals surface area contributed by atoms with Gasteiger partial charge in [-0.05, 0) is 43.5 Å². The summed E-state index contributed by atoms with van der Waals surface area (Å²) in [5, 5.41) is 3.40. The number of para-hydroxylation sites is 1. The number of benzene rings is 2. The zero-order chi connectivity index (χ0) is 24.9. The van der Waals surface area contributed by atoms with E-state index in [-0.39, 0.29) is 24.2 Å². The van der Waals surface area contributed by atoms with Gasteiger partial charge < -0.3 is 10.2 Å². The molecular formula is C24H29ClFN3O4S. The molecule has 2 aromatic rings. The minimum atomic E-state index is -4.00. The Morgan fingerprint density at radius 3 is 2.35 bits per heavy atom. The van der Waals surface area contributed by atoms with E-state index < -0.39 is 34.3 Å². The molecule has 34 heavy (non-hydrogen) atoms. The lowest BCUT2D eigenvalue weighted by atomic mass is 10.1. The van der Waals surface area contributed by atoms with Crippen molar-refractivity contribution < 1.29 is 22.4 Å². The van der Waals surface area contributed by atoms with Crippen LogP contribution in [0.2, 0.25) is 5.02 Å². The maximum atomic E-state index is 14.4. The quantitative estimate of drug-likeness (QED) is 0.558. The third kappa shape index (κ3) is 6.48. The molecule has 0 radical (unpaired) electrons. The average Bonchev–Trinajstić information content (AvgIpc) is 3.29. The molecule has 0 aromatic heterocycles. The second-order valence-electron chi connectivity index (χ2n) is 8.50. The molecule has 1 atom stereocenters. The van der Waals surface area contributed by atoms with Gasteiger partial charge in [0.15, 0.2) is 0 Å². The molecule has 7 nitrogen and oxygen atoms in total. The summed E-state index contributed by atoms with van der Waals surface area (Å²) in [6.07, 6.45) is 4.74. The number of carbonyl (C=O) groups excluding carboxylic acids is 2. The van der Waals surface area contributed by atoms with Crippen molar-refractivity contribution >= 4 is 39.1 Å². The highest BCUT2D eigenvalue weighted by Gasteiger charge is 2.32. The van der Waals surface area contributed by atoms with Crippen LogP contribution < -0.4 is 9.62 Å². The van der Waals surface area contributed by atoms with Crippen LogP contribution in [0.5, 0.6) is 0 Å². The molecule has 0 bridgehead atoms. The van der Waals surface area contributed by atoms with E-state index in [1.54, 1.807) is 31.2 Å². The summed E-state index contributed by atoms with van der Waals surface area (Å²) in [6.45, 7) is 0.921. The summed E-state index contributed by atoms with van der Waals surface area (Å²) < 4.78 is 40.1. The van der Waals surface area contributed by atoms with Crippen molar-refractivity contribution in [2.24, 2.45) is 0 Å². The number of sulfonamides is 1. The number of nitrogens with one attached hydrogen (secondary N) is 1. The third-order valence-corrected chi connectivity index (χ3v) is 7.46. The lowest BCUT2D eigenvalue weighted by Gasteiger charge is -2.32. The number of anilines is 1. The highest BCUT2D eigenvalue weighted by molar-refractivity contribution is 7.92. The molecule has 1 fully saturated rings. The fraction of sp³-hybridized carbons (Fsp3) is 0.417. The van der Waals surface area contributed by atoms with Crippen LogP contribution in [-0.2, 0) is 26.2 Å². The molecule has 1 saturated carbocycles. The van der Waals surface area contributed by atoms with Gasteiger partial charge in [0.25, 0.3) is 0 Å². The van der Waals surface area contributed by atoms with Crippen molar-refractivity contribution in [3.05, 3.63) is 64.9 Å². The lowest BCUT2D eigenvalue weighted by molar-refractivity contribution is -0.139. The normalized spacial score (nSPS) is 15.1. The SMILES string of the molecule is C[C@H](C(=O)NC1CCCC1)N(Cc1ccccc1Cl)C(=O)CN(c1ccccc1F)S(C)(=O)=O. The van der Waals surface area contributed by atoms with E-state index in [1.807, 2.05) is 0 Å². The third-order valence-electron chi connectivity index (χ3n) is 5.97. The fourth-order valence-electron chi connectivity index (χ4n) is 4.03. The van der Waals surface area contributed by atoms with E-state index in [1.165, 1.54) is 23.1 Å². The highest BCUT2D eigenvalue weighted by Crippen LogP contribution is 2.24. The number of hydrogen-bond donors (Lipinski definition) is 1. The molecule has 0 heterocycles. The topological polar surface area (TPSA) is 86.8 Å². The first kappa shape index (κ1) is 26.0. The van der Waals surface area contributed by atoms with Crippen LogP contribution in [0.15, 0.2) is 48.5 Å². The summed E-state index contributed by atoms with van der Waals surface area (Å²) in [7, 11) is -4.00. The van der Waals surface area contributed by atoms with Crippen LogP contribution >= 0.6 is 11.6 Å². The Kier molecular flexibility index (Phi) is 8.54. The van der Waals surface area contributed by atoms with Crippen molar-refractivity contribution in [3.63, 3.8) is 0 Å². The number of carbonyl (C=O) groups is 2. The number of nitrogens with zero attached hydrogens (tertiary/aromatic N) is 2. The van der Waals surface area contributed by atoms with E-state index in [4.69, 9.17) is 11.6 Å². The summed E-state index contributed by atoms with van der Waals surface area (Å²) in [5.74, 6) is -1.75. The largest absolute Gasteiger partial charge is 0.352 e. The first-order valence-corrected chi connectivity index (χ1v) is 13.4. The molecular weight excluding hydrogens is 481 g/mol. The summed E-state index contributed by atoms with van der Waals surface area (Å²) in [5.41, 5.74) is 0.369. The minimum Gasteiger partial charge on any atom is -0.352 e. The molecule has 3 rings (SSSR count). The van der Waals surface area contributed by atoms with Crippen LogP contribution in [0.4, 0.5) is 10.1 Å². The number of rotatable bonds is 9. The summed E-state index contributed by atoms with van der Waals surface area (Å²) >= 11 is 6.30. The molecule has 2 amide bonds. The van der Waals surface area contributed by atoms with E-state index in [0.29, 0.717) is 14.9 Å². The van der Waals surface area contributed by atoms with Crippen molar-refractivity contribution in [2.75, 3.05) is 17.1 Å². The second-order valence-corrected chi connectivity index (χ2v) is 10.8. The Hall–Kier alpha value is -2.65. The van der Waals surface area contributed by atoms with Crippen LogP contribution in [0.3, 0.4) is 0 Å². The highest BCUT2D eigenvalue weighted by atomic mass is 35.5. The molecule has 0 saturated heterocycles. The Labute approximate surface area is 204 Å². The van der Waals surface area contributed by atoms with Gasteiger partial charge >= 0.3 is 0 Å². The first-order chi connectivity index (χ1) is 16.1. The van der Waals surface area contributed by atoms with E-state index in [2.05, 4.69) is 5.32 Å². The fourth-order valence-corrected chi connectivity index (χ4v) is 5.08. The van der Waals surface area contributed by atoms with Gasteiger partial charge in [0, 0.05) is 17.6 Å². The average molecular weight is 510 g/mol. The predicted octanol–water partition coefficient (Wildman–Crippen LogP) is 3.72.